The third kappa shape index (κ3) is 7.43. The predicted octanol–water partition coefficient (Wildman–Crippen LogP) is 6.44. The van der Waals surface area contributed by atoms with Gasteiger partial charge >= 0.3 is 12.4 Å². The zero-order valence-electron chi connectivity index (χ0n) is 18.9. The van der Waals surface area contributed by atoms with E-state index in [9.17, 15) is 36.3 Å². The number of carbonyl (C=O) groups excluding carboxylic acids is 1. The van der Waals surface area contributed by atoms with Crippen molar-refractivity contribution in [2.75, 3.05) is 11.4 Å². The van der Waals surface area contributed by atoms with E-state index in [1.165, 1.54) is 18.2 Å². The van der Waals surface area contributed by atoms with E-state index in [0.717, 1.165) is 29.3 Å². The van der Waals surface area contributed by atoms with Crippen LogP contribution >= 0.6 is 0 Å². The van der Waals surface area contributed by atoms with Crippen molar-refractivity contribution in [3.05, 3.63) is 83.2 Å². The summed E-state index contributed by atoms with van der Waals surface area (Å²) in [5.74, 6) is -0.821. The molecule has 188 valence electrons. The van der Waals surface area contributed by atoms with E-state index in [4.69, 9.17) is 0 Å². The minimum absolute atomic E-state index is 0.00705. The number of benzene rings is 1. The Bertz CT molecular complexity index is 1090. The number of hydrogen-bond donors (Lipinski definition) is 1. The second-order valence-corrected chi connectivity index (χ2v) is 7.32. The zero-order chi connectivity index (χ0) is 26.2. The van der Waals surface area contributed by atoms with Crippen LogP contribution in [-0.2, 0) is 23.6 Å². The number of halogens is 6. The quantitative estimate of drug-likeness (QED) is 0.150. The van der Waals surface area contributed by atoms with Crippen LogP contribution in [0, 0.1) is 0 Å². The van der Waals surface area contributed by atoms with Crippen molar-refractivity contribution in [1.82, 2.24) is 4.98 Å². The molecule has 1 amide bonds. The lowest BCUT2D eigenvalue weighted by atomic mass is 10.1. The van der Waals surface area contributed by atoms with Gasteiger partial charge in [0.15, 0.2) is 5.71 Å². The number of hydrogen-bond acceptors (Lipinski definition) is 4. The molecule has 0 unspecified atom stereocenters. The van der Waals surface area contributed by atoms with Crippen LogP contribution in [0.3, 0.4) is 0 Å². The summed E-state index contributed by atoms with van der Waals surface area (Å²) in [7, 11) is 0. The molecule has 0 aliphatic heterocycles. The number of carbonyl (C=O) groups is 1. The van der Waals surface area contributed by atoms with Crippen molar-refractivity contribution < 1.29 is 36.3 Å². The summed E-state index contributed by atoms with van der Waals surface area (Å²) in [6.45, 7) is 3.35. The normalized spacial score (nSPS) is 13.4. The average Bonchev–Trinajstić information content (AvgIpc) is 2.79. The molecule has 0 fully saturated rings. The lowest BCUT2D eigenvalue weighted by molar-refractivity contribution is -0.141. The van der Waals surface area contributed by atoms with Crippen LogP contribution in [-0.4, -0.2) is 28.4 Å². The second kappa shape index (κ2) is 11.7. The first-order valence-corrected chi connectivity index (χ1v) is 10.5. The van der Waals surface area contributed by atoms with Gasteiger partial charge in [0.05, 0.1) is 17.4 Å². The molecule has 0 saturated carbocycles. The second-order valence-electron chi connectivity index (χ2n) is 7.32. The molecule has 0 aliphatic carbocycles. The molecule has 2 rings (SSSR count). The highest BCUT2D eigenvalue weighted by Crippen LogP contribution is 2.30. The van der Waals surface area contributed by atoms with Crippen molar-refractivity contribution in [3.8, 4) is 0 Å². The molecule has 1 aromatic heterocycles. The molecule has 0 saturated heterocycles. The fraction of sp³-hybridized carbons (Fsp3) is 0.292. The third-order valence-electron chi connectivity index (χ3n) is 4.85. The Hall–Kier alpha value is -3.63. The van der Waals surface area contributed by atoms with Crippen molar-refractivity contribution in [2.45, 2.75) is 39.0 Å². The van der Waals surface area contributed by atoms with E-state index < -0.39 is 29.5 Å². The molecule has 0 bridgehead atoms. The van der Waals surface area contributed by atoms with Gasteiger partial charge in [-0.3, -0.25) is 4.79 Å². The number of anilines is 1. The van der Waals surface area contributed by atoms with Crippen LogP contribution in [0.4, 0.5) is 32.0 Å². The highest BCUT2D eigenvalue weighted by atomic mass is 19.4. The van der Waals surface area contributed by atoms with Gasteiger partial charge in [-0.05, 0) is 49.6 Å². The van der Waals surface area contributed by atoms with E-state index in [-0.39, 0.29) is 24.4 Å². The maximum atomic E-state index is 13.3. The summed E-state index contributed by atoms with van der Waals surface area (Å²) in [5.41, 5.74) is -1.60. The van der Waals surface area contributed by atoms with Crippen molar-refractivity contribution in [3.63, 3.8) is 0 Å². The fourth-order valence-electron chi connectivity index (χ4n) is 3.16. The number of pyridine rings is 1. The van der Waals surface area contributed by atoms with Crippen molar-refractivity contribution in [1.29, 1.82) is 0 Å². The van der Waals surface area contributed by atoms with E-state index in [2.05, 4.69) is 10.1 Å². The van der Waals surface area contributed by atoms with Crippen LogP contribution in [0.1, 0.15) is 37.1 Å². The van der Waals surface area contributed by atoms with Gasteiger partial charge < -0.3 is 10.1 Å². The molecule has 2 aromatic rings. The summed E-state index contributed by atoms with van der Waals surface area (Å²) in [5, 5.41) is 12.7. The van der Waals surface area contributed by atoms with Gasteiger partial charge in [-0.1, -0.05) is 42.4 Å². The van der Waals surface area contributed by atoms with Crippen LogP contribution in [0.5, 0.6) is 0 Å². The SMILES string of the molecule is C\C=C/C(=C\CC)C(=N/O)/C(=O)N(CCc1ccc(C(F)(F)F)cc1)c1ccc(C(F)(F)F)nc1. The Balaban J connectivity index is 2.42. The molecule has 5 nitrogen and oxygen atoms in total. The first kappa shape index (κ1) is 27.6. The van der Waals surface area contributed by atoms with Gasteiger partial charge in [-0.2, -0.15) is 26.3 Å². The Morgan fingerprint density at radius 1 is 1.06 bits per heavy atom. The number of amides is 1. The van der Waals surface area contributed by atoms with E-state index in [1.807, 2.05) is 0 Å². The number of oxime groups is 1. The first-order chi connectivity index (χ1) is 16.4. The van der Waals surface area contributed by atoms with Crippen LogP contribution in [0.2, 0.25) is 0 Å². The number of nitrogens with zero attached hydrogens (tertiary/aromatic N) is 3. The molecule has 0 spiro atoms. The summed E-state index contributed by atoms with van der Waals surface area (Å²) in [6.07, 6.45) is -2.98. The van der Waals surface area contributed by atoms with Crippen molar-refractivity contribution in [2.24, 2.45) is 5.16 Å². The smallest absolute Gasteiger partial charge is 0.410 e. The van der Waals surface area contributed by atoms with E-state index in [0.29, 0.717) is 23.6 Å². The Kier molecular flexibility index (Phi) is 9.21. The van der Waals surface area contributed by atoms with Gasteiger partial charge in [0.2, 0.25) is 0 Å². The van der Waals surface area contributed by atoms with Crippen LogP contribution < -0.4 is 4.90 Å². The van der Waals surface area contributed by atoms with Crippen LogP contribution in [0.15, 0.2) is 71.6 Å². The summed E-state index contributed by atoms with van der Waals surface area (Å²) < 4.78 is 77.3. The standard InChI is InChI=1S/C24H23F6N3O2/c1-3-5-17(6-4-2)21(32-35)22(34)33(19-11-12-20(31-15-19)24(28,29)30)14-13-16-7-9-18(10-8-16)23(25,26)27/h3,5-12,15,35H,4,13-14H2,1-2H3/b5-3-,17-6+,32-21-. The van der Waals surface area contributed by atoms with Gasteiger partial charge in [0.25, 0.3) is 5.91 Å². The summed E-state index contributed by atoms with van der Waals surface area (Å²) in [4.78, 5) is 17.8. The van der Waals surface area contributed by atoms with E-state index in [1.54, 1.807) is 26.0 Å². The first-order valence-electron chi connectivity index (χ1n) is 10.5. The molecule has 0 radical (unpaired) electrons. The number of rotatable bonds is 8. The molecule has 1 N–H and O–H groups in total. The third-order valence-corrected chi connectivity index (χ3v) is 4.85. The fourth-order valence-corrected chi connectivity index (χ4v) is 3.16. The lowest BCUT2D eigenvalue weighted by Crippen LogP contribution is -2.39. The number of allylic oxidation sites excluding steroid dienone is 3. The van der Waals surface area contributed by atoms with Crippen LogP contribution in [0.25, 0.3) is 0 Å². The van der Waals surface area contributed by atoms with Gasteiger partial charge in [-0.25, -0.2) is 4.98 Å². The minimum atomic E-state index is -4.69. The topological polar surface area (TPSA) is 65.8 Å². The van der Waals surface area contributed by atoms with Gasteiger partial charge in [-0.15, -0.1) is 0 Å². The highest BCUT2D eigenvalue weighted by molar-refractivity contribution is 6.49. The maximum Gasteiger partial charge on any atom is 0.433 e. The molecule has 0 aliphatic rings. The molecular weight excluding hydrogens is 476 g/mol. The maximum absolute atomic E-state index is 13.3. The average molecular weight is 499 g/mol. The molecular formula is C24H23F6N3O2. The number of alkyl halides is 6. The lowest BCUT2D eigenvalue weighted by Gasteiger charge is -2.24. The Morgan fingerprint density at radius 2 is 1.71 bits per heavy atom. The molecule has 1 heterocycles. The predicted molar refractivity (Wildman–Crippen MR) is 119 cm³/mol. The summed E-state index contributed by atoms with van der Waals surface area (Å²) >= 11 is 0. The largest absolute Gasteiger partial charge is 0.433 e. The van der Waals surface area contributed by atoms with E-state index >= 15 is 0 Å². The molecule has 11 heteroatoms. The Morgan fingerprint density at radius 3 is 2.17 bits per heavy atom. The monoisotopic (exact) mass is 499 g/mol. The number of aromatic nitrogens is 1. The highest BCUT2D eigenvalue weighted by Gasteiger charge is 2.33. The summed E-state index contributed by atoms with van der Waals surface area (Å²) in [6, 6.07) is 6.05. The van der Waals surface area contributed by atoms with Gasteiger partial charge in [0.1, 0.15) is 5.69 Å². The minimum Gasteiger partial charge on any atom is -0.410 e. The molecule has 35 heavy (non-hydrogen) atoms. The molecule has 1 aromatic carbocycles. The zero-order valence-corrected chi connectivity index (χ0v) is 18.9. The van der Waals surface area contributed by atoms with Crippen molar-refractivity contribution >= 4 is 17.3 Å². The Labute approximate surface area is 198 Å². The van der Waals surface area contributed by atoms with Gasteiger partial charge in [0, 0.05) is 12.1 Å². The molecule has 0 atom stereocenters.